The summed E-state index contributed by atoms with van der Waals surface area (Å²) >= 11 is 5.93. The molecule has 0 saturated heterocycles. The minimum Gasteiger partial charge on any atom is -0.291 e. The molecule has 4 aromatic rings. The van der Waals surface area contributed by atoms with Gasteiger partial charge in [0.05, 0.1) is 21.6 Å². The van der Waals surface area contributed by atoms with Crippen LogP contribution in [0.3, 0.4) is 0 Å². The van der Waals surface area contributed by atoms with Gasteiger partial charge in [-0.1, -0.05) is 35.9 Å². The molecule has 3 nitrogen and oxygen atoms in total. The third-order valence-electron chi connectivity index (χ3n) is 3.96. The minimum atomic E-state index is -4.55. The third kappa shape index (κ3) is 2.82. The fourth-order valence-electron chi connectivity index (χ4n) is 2.82. The van der Waals surface area contributed by atoms with Crippen molar-refractivity contribution in [3.8, 4) is 17.2 Å². The first-order valence-electron chi connectivity index (χ1n) is 7.71. The number of rotatable bonds is 2. The van der Waals surface area contributed by atoms with Gasteiger partial charge in [-0.25, -0.2) is 4.98 Å². The van der Waals surface area contributed by atoms with Crippen molar-refractivity contribution in [3.63, 3.8) is 0 Å². The Balaban J connectivity index is 2.07. The molecule has 2 aromatic heterocycles. The van der Waals surface area contributed by atoms with Gasteiger partial charge >= 0.3 is 6.18 Å². The molecule has 26 heavy (non-hydrogen) atoms. The standard InChI is InChI=1S/C19H11ClF3N3/c20-14-11-17-16(10-13(14)19(21,22)23)25-18(15-8-4-5-9-24-15)26(17)12-6-2-1-3-7-12/h1-11H. The smallest absolute Gasteiger partial charge is 0.291 e. The van der Waals surface area contributed by atoms with Crippen LogP contribution in [0.25, 0.3) is 28.2 Å². The van der Waals surface area contributed by atoms with Gasteiger partial charge in [-0.05, 0) is 36.4 Å². The molecule has 0 amide bonds. The van der Waals surface area contributed by atoms with Gasteiger partial charge in [-0.15, -0.1) is 0 Å². The van der Waals surface area contributed by atoms with Crippen molar-refractivity contribution in [1.29, 1.82) is 0 Å². The first-order chi connectivity index (χ1) is 12.4. The van der Waals surface area contributed by atoms with Gasteiger partial charge in [-0.3, -0.25) is 9.55 Å². The molecular formula is C19H11ClF3N3. The average molecular weight is 374 g/mol. The van der Waals surface area contributed by atoms with Crippen molar-refractivity contribution in [2.24, 2.45) is 0 Å². The van der Waals surface area contributed by atoms with E-state index in [2.05, 4.69) is 9.97 Å². The number of hydrogen-bond acceptors (Lipinski definition) is 2. The van der Waals surface area contributed by atoms with E-state index in [4.69, 9.17) is 11.6 Å². The molecule has 4 rings (SSSR count). The second kappa shape index (κ2) is 6.14. The topological polar surface area (TPSA) is 30.7 Å². The molecule has 2 aromatic carbocycles. The normalized spacial score (nSPS) is 11.8. The Morgan fingerprint density at radius 3 is 2.31 bits per heavy atom. The van der Waals surface area contributed by atoms with Gasteiger partial charge in [0, 0.05) is 11.9 Å². The zero-order valence-corrected chi connectivity index (χ0v) is 14.0. The zero-order valence-electron chi connectivity index (χ0n) is 13.2. The molecule has 2 heterocycles. The number of aromatic nitrogens is 3. The van der Waals surface area contributed by atoms with Crippen molar-refractivity contribution in [2.45, 2.75) is 6.18 Å². The maximum atomic E-state index is 13.2. The van der Waals surface area contributed by atoms with E-state index < -0.39 is 11.7 Å². The highest BCUT2D eigenvalue weighted by molar-refractivity contribution is 6.32. The van der Waals surface area contributed by atoms with E-state index >= 15 is 0 Å². The Kier molecular flexibility index (Phi) is 3.92. The van der Waals surface area contributed by atoms with E-state index in [0.29, 0.717) is 17.0 Å². The summed E-state index contributed by atoms with van der Waals surface area (Å²) < 4.78 is 41.3. The van der Waals surface area contributed by atoms with Crippen molar-refractivity contribution < 1.29 is 13.2 Å². The van der Waals surface area contributed by atoms with E-state index in [1.807, 2.05) is 30.3 Å². The largest absolute Gasteiger partial charge is 0.417 e. The molecule has 0 N–H and O–H groups in total. The number of halogens is 4. The fourth-order valence-corrected chi connectivity index (χ4v) is 3.09. The minimum absolute atomic E-state index is 0.200. The van der Waals surface area contributed by atoms with Gasteiger partial charge in [0.2, 0.25) is 0 Å². The van der Waals surface area contributed by atoms with E-state index in [-0.39, 0.29) is 10.5 Å². The van der Waals surface area contributed by atoms with Crippen LogP contribution < -0.4 is 0 Å². The van der Waals surface area contributed by atoms with Gasteiger partial charge in [-0.2, -0.15) is 13.2 Å². The SMILES string of the molecule is FC(F)(F)c1cc2nc(-c3ccccn3)n(-c3ccccc3)c2cc1Cl. The molecular weight excluding hydrogens is 363 g/mol. The molecule has 7 heteroatoms. The van der Waals surface area contributed by atoms with Crippen LogP contribution in [0.4, 0.5) is 13.2 Å². The van der Waals surface area contributed by atoms with Crippen LogP contribution in [0.2, 0.25) is 5.02 Å². The molecule has 130 valence electrons. The Hall–Kier alpha value is -2.86. The lowest BCUT2D eigenvalue weighted by Gasteiger charge is -2.11. The lowest BCUT2D eigenvalue weighted by Crippen LogP contribution is -2.06. The van der Waals surface area contributed by atoms with E-state index in [0.717, 1.165) is 11.8 Å². The van der Waals surface area contributed by atoms with Crippen molar-refractivity contribution in [1.82, 2.24) is 14.5 Å². The van der Waals surface area contributed by atoms with Crippen LogP contribution in [-0.2, 0) is 6.18 Å². The second-order valence-corrected chi connectivity index (χ2v) is 6.05. The summed E-state index contributed by atoms with van der Waals surface area (Å²) in [6, 6.07) is 16.8. The van der Waals surface area contributed by atoms with Crippen LogP contribution >= 0.6 is 11.6 Å². The van der Waals surface area contributed by atoms with Crippen LogP contribution in [0.15, 0.2) is 66.9 Å². The Morgan fingerprint density at radius 1 is 0.923 bits per heavy atom. The van der Waals surface area contributed by atoms with Crippen LogP contribution in [0, 0.1) is 0 Å². The van der Waals surface area contributed by atoms with E-state index in [1.165, 1.54) is 6.07 Å². The molecule has 0 aliphatic rings. The number of fused-ring (bicyclic) bond motifs is 1. The highest BCUT2D eigenvalue weighted by Gasteiger charge is 2.34. The monoisotopic (exact) mass is 373 g/mol. The molecule has 0 atom stereocenters. The lowest BCUT2D eigenvalue weighted by atomic mass is 10.2. The Bertz CT molecular complexity index is 1070. The maximum absolute atomic E-state index is 13.2. The number of imidazole rings is 1. The molecule has 0 spiro atoms. The lowest BCUT2D eigenvalue weighted by molar-refractivity contribution is -0.137. The van der Waals surface area contributed by atoms with E-state index in [1.54, 1.807) is 29.0 Å². The first-order valence-corrected chi connectivity index (χ1v) is 8.09. The van der Waals surface area contributed by atoms with Gasteiger partial charge < -0.3 is 0 Å². The summed E-state index contributed by atoms with van der Waals surface area (Å²) in [5.74, 6) is 0.446. The Morgan fingerprint density at radius 2 is 1.65 bits per heavy atom. The molecule has 0 saturated carbocycles. The van der Waals surface area contributed by atoms with Crippen molar-refractivity contribution in [3.05, 3.63) is 77.4 Å². The maximum Gasteiger partial charge on any atom is 0.417 e. The summed E-state index contributed by atoms with van der Waals surface area (Å²) in [7, 11) is 0. The molecule has 0 fully saturated rings. The third-order valence-corrected chi connectivity index (χ3v) is 4.27. The van der Waals surface area contributed by atoms with Crippen molar-refractivity contribution >= 4 is 22.6 Å². The summed E-state index contributed by atoms with van der Waals surface area (Å²) in [5.41, 5.74) is 1.08. The highest BCUT2D eigenvalue weighted by atomic mass is 35.5. The number of para-hydroxylation sites is 1. The summed E-state index contributed by atoms with van der Waals surface area (Å²) in [5, 5.41) is -0.366. The van der Waals surface area contributed by atoms with Gasteiger partial charge in [0.1, 0.15) is 5.69 Å². The van der Waals surface area contributed by atoms with E-state index in [9.17, 15) is 13.2 Å². The number of nitrogens with zero attached hydrogens (tertiary/aromatic N) is 3. The predicted octanol–water partition coefficient (Wildman–Crippen LogP) is 5.76. The Labute approximate surface area is 151 Å². The van der Waals surface area contributed by atoms with Crippen LogP contribution in [-0.4, -0.2) is 14.5 Å². The van der Waals surface area contributed by atoms with Gasteiger partial charge in [0.15, 0.2) is 5.82 Å². The first kappa shape index (κ1) is 16.6. The molecule has 0 bridgehead atoms. The second-order valence-electron chi connectivity index (χ2n) is 5.64. The summed E-state index contributed by atoms with van der Waals surface area (Å²) in [4.78, 5) is 8.70. The quantitative estimate of drug-likeness (QED) is 0.447. The fraction of sp³-hybridized carbons (Fsp3) is 0.0526. The number of pyridine rings is 1. The highest BCUT2D eigenvalue weighted by Crippen LogP contribution is 2.38. The van der Waals surface area contributed by atoms with Crippen LogP contribution in [0.1, 0.15) is 5.56 Å². The average Bonchev–Trinajstić information content (AvgIpc) is 3.00. The molecule has 0 unspecified atom stereocenters. The van der Waals surface area contributed by atoms with Gasteiger partial charge in [0.25, 0.3) is 0 Å². The molecule has 0 aliphatic carbocycles. The van der Waals surface area contributed by atoms with Crippen LogP contribution in [0.5, 0.6) is 0 Å². The molecule has 0 radical (unpaired) electrons. The number of hydrogen-bond donors (Lipinski definition) is 0. The predicted molar refractivity (Wildman–Crippen MR) is 94.3 cm³/mol. The number of alkyl halides is 3. The summed E-state index contributed by atoms with van der Waals surface area (Å²) in [6.45, 7) is 0. The summed E-state index contributed by atoms with van der Waals surface area (Å²) in [6.07, 6.45) is -2.94. The zero-order chi connectivity index (χ0) is 18.3. The number of benzene rings is 2. The molecule has 0 aliphatic heterocycles. The van der Waals surface area contributed by atoms with Crippen molar-refractivity contribution in [2.75, 3.05) is 0 Å².